The van der Waals surface area contributed by atoms with Crippen LogP contribution in [0.2, 0.25) is 0 Å². The average Bonchev–Trinajstić information content (AvgIpc) is 3.64. The van der Waals surface area contributed by atoms with Gasteiger partial charge in [0, 0.05) is 29.7 Å². The Morgan fingerprint density at radius 3 is 2.47 bits per heavy atom. The van der Waals surface area contributed by atoms with Gasteiger partial charge in [0.15, 0.2) is 0 Å². The Kier molecular flexibility index (Phi) is 6.20. The quantitative estimate of drug-likeness (QED) is 0.349. The number of carbonyl (C=O) groups excluding carboxylic acids is 1. The Bertz CT molecular complexity index is 1340. The molecule has 184 valence electrons. The predicted octanol–water partition coefficient (Wildman–Crippen LogP) is 5.84. The van der Waals surface area contributed by atoms with Gasteiger partial charge in [-0.2, -0.15) is 5.10 Å². The summed E-state index contributed by atoms with van der Waals surface area (Å²) in [6.45, 7) is 2.15. The molecule has 6 nitrogen and oxygen atoms in total. The fraction of sp³-hybridized carbons (Fsp3) is 0.333. The molecule has 0 bridgehead atoms. The van der Waals surface area contributed by atoms with Crippen molar-refractivity contribution in [1.82, 2.24) is 15.1 Å². The van der Waals surface area contributed by atoms with E-state index in [1.807, 2.05) is 48.5 Å². The first-order valence-electron chi connectivity index (χ1n) is 12.9. The monoisotopic (exact) mass is 480 g/mol. The minimum absolute atomic E-state index is 0.0588. The maximum Gasteiger partial charge on any atom is 0.232 e. The molecule has 1 aliphatic carbocycles. The normalized spacial score (nSPS) is 17.7. The smallest absolute Gasteiger partial charge is 0.232 e. The zero-order valence-corrected chi connectivity index (χ0v) is 20.6. The molecule has 1 amide bonds. The number of anilines is 1. The lowest BCUT2D eigenvalue weighted by molar-refractivity contribution is -0.118. The molecule has 6 heteroatoms. The fourth-order valence-electron chi connectivity index (χ4n) is 5.25. The molecule has 1 aliphatic heterocycles. The van der Waals surface area contributed by atoms with E-state index >= 15 is 0 Å². The van der Waals surface area contributed by atoms with Crippen LogP contribution in [0.25, 0.3) is 22.2 Å². The van der Waals surface area contributed by atoms with Crippen molar-refractivity contribution in [2.45, 2.75) is 37.7 Å². The van der Waals surface area contributed by atoms with E-state index in [0.717, 1.165) is 77.9 Å². The Morgan fingerprint density at radius 2 is 1.75 bits per heavy atom. The van der Waals surface area contributed by atoms with Gasteiger partial charge < -0.3 is 15.0 Å². The van der Waals surface area contributed by atoms with E-state index in [2.05, 4.69) is 51.7 Å². The first-order chi connectivity index (χ1) is 17.6. The molecule has 1 atom stereocenters. The number of hydrogen-bond donors (Lipinski definition) is 2. The van der Waals surface area contributed by atoms with Gasteiger partial charge in [0.2, 0.25) is 5.91 Å². The van der Waals surface area contributed by atoms with Crippen molar-refractivity contribution >= 4 is 22.5 Å². The number of nitrogens with one attached hydrogen (secondary N) is 2. The number of carbonyl (C=O) groups is 1. The maximum atomic E-state index is 13.3. The maximum absolute atomic E-state index is 13.3. The lowest BCUT2D eigenvalue weighted by Crippen LogP contribution is -2.35. The summed E-state index contributed by atoms with van der Waals surface area (Å²) >= 11 is 0. The highest BCUT2D eigenvalue weighted by Crippen LogP contribution is 2.43. The van der Waals surface area contributed by atoms with E-state index in [9.17, 15) is 4.79 Å². The third kappa shape index (κ3) is 4.86. The molecule has 1 saturated carbocycles. The van der Waals surface area contributed by atoms with Crippen molar-refractivity contribution in [2.24, 2.45) is 5.92 Å². The van der Waals surface area contributed by atoms with Gasteiger partial charge in [-0.3, -0.25) is 9.89 Å². The largest absolute Gasteiger partial charge is 0.490 e. The second-order valence-corrected chi connectivity index (χ2v) is 10.2. The fourth-order valence-corrected chi connectivity index (χ4v) is 5.25. The van der Waals surface area contributed by atoms with Crippen molar-refractivity contribution in [1.29, 1.82) is 0 Å². The summed E-state index contributed by atoms with van der Waals surface area (Å²) in [5.74, 6) is 1.27. The van der Waals surface area contributed by atoms with Crippen LogP contribution >= 0.6 is 0 Å². The number of aromatic nitrogens is 2. The third-order valence-electron chi connectivity index (χ3n) is 7.46. The summed E-state index contributed by atoms with van der Waals surface area (Å²) in [5, 5.41) is 11.9. The first-order valence-corrected chi connectivity index (χ1v) is 12.9. The van der Waals surface area contributed by atoms with Crippen LogP contribution in [0.4, 0.5) is 5.69 Å². The highest BCUT2D eigenvalue weighted by Gasteiger charge is 2.37. The zero-order chi connectivity index (χ0) is 24.5. The van der Waals surface area contributed by atoms with Crippen molar-refractivity contribution in [2.75, 3.05) is 25.5 Å². The van der Waals surface area contributed by atoms with Crippen LogP contribution in [0.15, 0.2) is 72.8 Å². The highest BCUT2D eigenvalue weighted by molar-refractivity contribution is 6.00. The van der Waals surface area contributed by atoms with Gasteiger partial charge in [0.1, 0.15) is 11.9 Å². The van der Waals surface area contributed by atoms with Gasteiger partial charge in [-0.25, -0.2) is 0 Å². The molecule has 2 fully saturated rings. The third-order valence-corrected chi connectivity index (χ3v) is 7.46. The molecule has 0 radical (unpaired) electrons. The minimum atomic E-state index is -0.108. The number of hydrogen-bond acceptors (Lipinski definition) is 4. The summed E-state index contributed by atoms with van der Waals surface area (Å²) < 4.78 is 6.21. The van der Waals surface area contributed by atoms with Crippen LogP contribution < -0.4 is 10.1 Å². The standard InChI is InChI=1S/C30H32N4O2/c1-34-17-15-25(16-18-34)36-24-12-9-22(10-13-24)29-26-19-23(11-14-27(26)32-33-29)31-30(35)28(21-7-8-21)20-5-3-2-4-6-20/h2-6,9-14,19,21,25,28H,7-8,15-18H2,1H3,(H,31,35)(H,32,33). The van der Waals surface area contributed by atoms with Crippen LogP contribution in [0.3, 0.4) is 0 Å². The number of ether oxygens (including phenoxy) is 1. The molecule has 1 saturated heterocycles. The zero-order valence-electron chi connectivity index (χ0n) is 20.6. The molecule has 0 spiro atoms. The number of H-pyrrole nitrogens is 1. The average molecular weight is 481 g/mol. The number of aromatic amines is 1. The van der Waals surface area contributed by atoms with E-state index in [0.29, 0.717) is 5.92 Å². The van der Waals surface area contributed by atoms with Gasteiger partial charge in [-0.15, -0.1) is 0 Å². The van der Waals surface area contributed by atoms with E-state index in [-0.39, 0.29) is 17.9 Å². The second-order valence-electron chi connectivity index (χ2n) is 10.2. The Balaban J connectivity index is 1.19. The SMILES string of the molecule is CN1CCC(Oc2ccc(-c3n[nH]c4ccc(NC(=O)C(c5ccccc5)C5CC5)cc34)cc2)CC1. The van der Waals surface area contributed by atoms with E-state index in [4.69, 9.17) is 4.74 Å². The minimum Gasteiger partial charge on any atom is -0.490 e. The number of benzene rings is 3. The molecule has 2 heterocycles. The number of fused-ring (bicyclic) bond motifs is 1. The molecule has 1 unspecified atom stereocenters. The van der Waals surface area contributed by atoms with Crippen molar-refractivity contribution < 1.29 is 9.53 Å². The molecule has 3 aromatic carbocycles. The molecular formula is C30H32N4O2. The van der Waals surface area contributed by atoms with Gasteiger partial charge in [0.25, 0.3) is 0 Å². The Morgan fingerprint density at radius 1 is 1.00 bits per heavy atom. The molecule has 6 rings (SSSR count). The van der Waals surface area contributed by atoms with E-state index < -0.39 is 0 Å². The number of amides is 1. The molecule has 1 aromatic heterocycles. The molecule has 2 N–H and O–H groups in total. The van der Waals surface area contributed by atoms with Gasteiger partial charge >= 0.3 is 0 Å². The molecule has 2 aliphatic rings. The molecule has 36 heavy (non-hydrogen) atoms. The van der Waals surface area contributed by atoms with Crippen molar-refractivity contribution in [3.63, 3.8) is 0 Å². The Labute approximate surface area is 211 Å². The van der Waals surface area contributed by atoms with Crippen LogP contribution in [0, 0.1) is 5.92 Å². The summed E-state index contributed by atoms with van der Waals surface area (Å²) in [7, 11) is 2.16. The summed E-state index contributed by atoms with van der Waals surface area (Å²) in [6.07, 6.45) is 4.61. The highest BCUT2D eigenvalue weighted by atomic mass is 16.5. The summed E-state index contributed by atoms with van der Waals surface area (Å²) in [6, 6.07) is 24.2. The summed E-state index contributed by atoms with van der Waals surface area (Å²) in [5.41, 5.74) is 4.70. The van der Waals surface area contributed by atoms with Gasteiger partial charge in [-0.05, 0) is 86.7 Å². The van der Waals surface area contributed by atoms with Crippen LogP contribution in [0.5, 0.6) is 5.75 Å². The van der Waals surface area contributed by atoms with Crippen molar-refractivity contribution in [3.8, 4) is 17.0 Å². The topological polar surface area (TPSA) is 70.2 Å². The Hall–Kier alpha value is -3.64. The van der Waals surface area contributed by atoms with Gasteiger partial charge in [-0.1, -0.05) is 30.3 Å². The first kappa shape index (κ1) is 22.8. The lowest BCUT2D eigenvalue weighted by Gasteiger charge is -2.29. The lowest BCUT2D eigenvalue weighted by atomic mass is 9.93. The molecule has 4 aromatic rings. The van der Waals surface area contributed by atoms with E-state index in [1.54, 1.807) is 0 Å². The number of rotatable bonds is 7. The van der Waals surface area contributed by atoms with Crippen LogP contribution in [-0.4, -0.2) is 47.2 Å². The van der Waals surface area contributed by atoms with E-state index in [1.165, 1.54) is 0 Å². The van der Waals surface area contributed by atoms with Crippen LogP contribution in [-0.2, 0) is 4.79 Å². The predicted molar refractivity (Wildman–Crippen MR) is 143 cm³/mol. The van der Waals surface area contributed by atoms with Gasteiger partial charge in [0.05, 0.1) is 17.1 Å². The number of likely N-dealkylation sites (tertiary alicyclic amines) is 1. The number of nitrogens with zero attached hydrogens (tertiary/aromatic N) is 2. The summed E-state index contributed by atoms with van der Waals surface area (Å²) in [4.78, 5) is 15.6. The number of piperidine rings is 1. The van der Waals surface area contributed by atoms with Crippen LogP contribution in [0.1, 0.15) is 37.2 Å². The molecular weight excluding hydrogens is 448 g/mol. The second kappa shape index (κ2) is 9.78. The van der Waals surface area contributed by atoms with Crippen molar-refractivity contribution in [3.05, 3.63) is 78.4 Å².